The molecular formula is C19H15N11O5S. The first kappa shape index (κ1) is 22.7. The lowest BCUT2D eigenvalue weighted by Gasteiger charge is -2.04. The Morgan fingerprint density at radius 3 is 2.86 bits per heavy atom. The van der Waals surface area contributed by atoms with Gasteiger partial charge in [-0.05, 0) is 35.4 Å². The Labute approximate surface area is 204 Å². The van der Waals surface area contributed by atoms with Gasteiger partial charge in [0, 0.05) is 5.75 Å². The lowest BCUT2D eigenvalue weighted by molar-refractivity contribution is -0.402. The SMILES string of the molecule is C/C(=N/NC(=O)c1nnn(-c2nonc2N)c1CSc1nc2ccccc2[nH]1)c1ccc([N+](=O)[O-])o1. The van der Waals surface area contributed by atoms with Gasteiger partial charge in [-0.15, -0.1) is 5.10 Å². The molecule has 16 nitrogen and oxygen atoms in total. The second kappa shape index (κ2) is 9.29. The zero-order valence-electron chi connectivity index (χ0n) is 18.3. The highest BCUT2D eigenvalue weighted by atomic mass is 32.2. The number of aromatic amines is 1. The van der Waals surface area contributed by atoms with E-state index in [2.05, 4.69) is 45.7 Å². The van der Waals surface area contributed by atoms with E-state index in [1.807, 2.05) is 24.3 Å². The van der Waals surface area contributed by atoms with Crippen LogP contribution in [0.4, 0.5) is 11.7 Å². The summed E-state index contributed by atoms with van der Waals surface area (Å²) in [6.07, 6.45) is 0. The molecule has 1 amide bonds. The number of anilines is 1. The van der Waals surface area contributed by atoms with Crippen LogP contribution in [0.2, 0.25) is 0 Å². The molecule has 0 aliphatic heterocycles. The van der Waals surface area contributed by atoms with Crippen LogP contribution in [-0.4, -0.2) is 51.8 Å². The average Bonchev–Trinajstić information content (AvgIpc) is 3.66. The summed E-state index contributed by atoms with van der Waals surface area (Å²) in [5.74, 6) is -0.823. The van der Waals surface area contributed by atoms with Crippen LogP contribution in [0.3, 0.4) is 0 Å². The number of hydrogen-bond acceptors (Lipinski definition) is 13. The second-order valence-electron chi connectivity index (χ2n) is 7.15. The molecule has 0 aliphatic rings. The molecule has 17 heteroatoms. The van der Waals surface area contributed by atoms with Crippen LogP contribution in [0, 0.1) is 10.1 Å². The Kier molecular flexibility index (Phi) is 5.87. The van der Waals surface area contributed by atoms with Crippen molar-refractivity contribution >= 4 is 46.1 Å². The number of furan rings is 1. The van der Waals surface area contributed by atoms with Gasteiger partial charge in [-0.1, -0.05) is 29.1 Å². The van der Waals surface area contributed by atoms with Crippen LogP contribution in [-0.2, 0) is 5.75 Å². The molecule has 0 aliphatic carbocycles. The van der Waals surface area contributed by atoms with Crippen LogP contribution in [0.5, 0.6) is 0 Å². The molecule has 0 saturated carbocycles. The van der Waals surface area contributed by atoms with E-state index in [1.165, 1.54) is 35.5 Å². The van der Waals surface area contributed by atoms with Crippen molar-refractivity contribution in [3.05, 3.63) is 63.7 Å². The van der Waals surface area contributed by atoms with Gasteiger partial charge in [-0.25, -0.2) is 15.0 Å². The molecule has 0 saturated heterocycles. The summed E-state index contributed by atoms with van der Waals surface area (Å²) in [4.78, 5) is 30.8. The van der Waals surface area contributed by atoms with E-state index in [1.54, 1.807) is 0 Å². The van der Waals surface area contributed by atoms with Gasteiger partial charge in [-0.3, -0.25) is 14.9 Å². The van der Waals surface area contributed by atoms with Gasteiger partial charge in [0.15, 0.2) is 16.6 Å². The Bertz CT molecular complexity index is 1580. The molecule has 4 heterocycles. The second-order valence-corrected chi connectivity index (χ2v) is 8.11. The third-order valence-corrected chi connectivity index (χ3v) is 5.73. The number of fused-ring (bicyclic) bond motifs is 1. The van der Waals surface area contributed by atoms with Gasteiger partial charge >= 0.3 is 5.88 Å². The number of benzene rings is 1. The Hall–Kier alpha value is -5.06. The number of carbonyl (C=O) groups excluding carboxylic acids is 1. The standard InChI is InChI=1S/C19H15N11O5S/c1-9(13-6-7-14(34-13)30(32)33)23-25-18(31)15-12(29(28-24-15)17-16(20)26-35-27-17)8-36-19-21-10-4-2-3-5-11(10)22-19/h2-7H,8H2,1H3,(H2,20,26)(H,21,22)(H,25,31)/b23-9-. The number of nitrogen functional groups attached to an aromatic ring is 1. The first-order valence-electron chi connectivity index (χ1n) is 10.1. The number of aromatic nitrogens is 7. The van der Waals surface area contributed by atoms with Gasteiger partial charge in [0.05, 0.1) is 22.8 Å². The molecule has 0 atom stereocenters. The predicted octanol–water partition coefficient (Wildman–Crippen LogP) is 2.06. The predicted molar refractivity (Wildman–Crippen MR) is 124 cm³/mol. The fourth-order valence-electron chi connectivity index (χ4n) is 3.11. The van der Waals surface area contributed by atoms with E-state index in [9.17, 15) is 14.9 Å². The quantitative estimate of drug-likeness (QED) is 0.118. The summed E-state index contributed by atoms with van der Waals surface area (Å²) in [6, 6.07) is 10.1. The summed E-state index contributed by atoms with van der Waals surface area (Å²) in [5, 5.41) is 30.6. The van der Waals surface area contributed by atoms with Crippen molar-refractivity contribution < 1.29 is 18.8 Å². The number of imidazole rings is 1. The number of hydrazone groups is 1. The number of H-pyrrole nitrogens is 1. The summed E-state index contributed by atoms with van der Waals surface area (Å²) < 4.78 is 11.0. The van der Waals surface area contributed by atoms with Crippen LogP contribution < -0.4 is 11.2 Å². The van der Waals surface area contributed by atoms with Crippen molar-refractivity contribution in [1.29, 1.82) is 0 Å². The molecule has 4 N–H and O–H groups in total. The van der Waals surface area contributed by atoms with Crippen molar-refractivity contribution in [3.63, 3.8) is 0 Å². The summed E-state index contributed by atoms with van der Waals surface area (Å²) in [5.41, 5.74) is 10.3. The summed E-state index contributed by atoms with van der Waals surface area (Å²) in [7, 11) is 0. The number of nitrogens with zero attached hydrogens (tertiary/aromatic N) is 8. The third-order valence-electron chi connectivity index (χ3n) is 4.84. The number of amides is 1. The highest BCUT2D eigenvalue weighted by molar-refractivity contribution is 7.98. The largest absolute Gasteiger partial charge is 0.433 e. The highest BCUT2D eigenvalue weighted by Crippen LogP contribution is 2.26. The molecule has 0 fully saturated rings. The Morgan fingerprint density at radius 1 is 1.31 bits per heavy atom. The third kappa shape index (κ3) is 4.37. The number of thioether (sulfide) groups is 1. The number of nitrogens with one attached hydrogen (secondary N) is 2. The fraction of sp³-hybridized carbons (Fsp3) is 0.105. The summed E-state index contributed by atoms with van der Waals surface area (Å²) in [6.45, 7) is 1.51. The molecule has 0 unspecified atom stereocenters. The van der Waals surface area contributed by atoms with Crippen molar-refractivity contribution in [3.8, 4) is 5.82 Å². The maximum atomic E-state index is 12.9. The Balaban J connectivity index is 1.41. The minimum Gasteiger partial charge on any atom is -0.399 e. The molecular weight excluding hydrogens is 494 g/mol. The van der Waals surface area contributed by atoms with Crippen molar-refractivity contribution in [2.75, 3.05) is 5.73 Å². The molecule has 182 valence electrons. The molecule has 0 spiro atoms. The minimum atomic E-state index is -0.697. The van der Waals surface area contributed by atoms with Gasteiger partial charge in [0.1, 0.15) is 10.6 Å². The average molecular weight is 509 g/mol. The van der Waals surface area contributed by atoms with Gasteiger partial charge < -0.3 is 15.1 Å². The normalized spacial score (nSPS) is 11.8. The summed E-state index contributed by atoms with van der Waals surface area (Å²) >= 11 is 1.30. The van der Waals surface area contributed by atoms with Gasteiger partial charge in [0.2, 0.25) is 11.6 Å². The number of para-hydroxylation sites is 2. The molecule has 1 aromatic carbocycles. The number of hydrogen-bond donors (Lipinski definition) is 3. The lowest BCUT2D eigenvalue weighted by Crippen LogP contribution is -2.21. The minimum absolute atomic E-state index is 0.0462. The van der Waals surface area contributed by atoms with Crippen molar-refractivity contribution in [2.24, 2.45) is 5.10 Å². The van der Waals surface area contributed by atoms with Crippen LogP contribution in [0.25, 0.3) is 16.9 Å². The molecule has 5 aromatic rings. The number of nitro groups is 1. The molecule has 0 bridgehead atoms. The maximum Gasteiger partial charge on any atom is 0.433 e. The van der Waals surface area contributed by atoms with E-state index in [0.717, 1.165) is 11.0 Å². The topological polar surface area (TPSA) is 222 Å². The lowest BCUT2D eigenvalue weighted by atomic mass is 10.3. The van der Waals surface area contributed by atoms with Crippen molar-refractivity contribution in [2.45, 2.75) is 17.8 Å². The van der Waals surface area contributed by atoms with Crippen LogP contribution >= 0.6 is 11.8 Å². The first-order valence-corrected chi connectivity index (χ1v) is 11.1. The molecule has 5 rings (SSSR count). The zero-order valence-corrected chi connectivity index (χ0v) is 19.1. The molecule has 4 aromatic heterocycles. The molecule has 36 heavy (non-hydrogen) atoms. The number of carbonyl (C=O) groups is 1. The van der Waals surface area contributed by atoms with Crippen LogP contribution in [0.1, 0.15) is 28.9 Å². The number of nitrogens with two attached hydrogens (primary N) is 1. The van der Waals surface area contributed by atoms with E-state index >= 15 is 0 Å². The van der Waals surface area contributed by atoms with E-state index < -0.39 is 16.7 Å². The smallest absolute Gasteiger partial charge is 0.399 e. The van der Waals surface area contributed by atoms with E-state index in [0.29, 0.717) is 10.9 Å². The highest BCUT2D eigenvalue weighted by Gasteiger charge is 2.24. The van der Waals surface area contributed by atoms with Gasteiger partial charge in [-0.2, -0.15) is 9.78 Å². The van der Waals surface area contributed by atoms with E-state index in [-0.39, 0.29) is 34.6 Å². The van der Waals surface area contributed by atoms with E-state index in [4.69, 9.17) is 10.2 Å². The Morgan fingerprint density at radius 2 is 2.14 bits per heavy atom. The monoisotopic (exact) mass is 509 g/mol. The first-order chi connectivity index (χ1) is 17.4. The van der Waals surface area contributed by atoms with Crippen LogP contribution in [0.15, 0.2) is 55.7 Å². The fourth-order valence-corrected chi connectivity index (χ4v) is 3.99. The zero-order chi connectivity index (χ0) is 25.2. The van der Waals surface area contributed by atoms with Gasteiger partial charge in [0.25, 0.3) is 5.91 Å². The maximum absolute atomic E-state index is 12.9. The number of rotatable bonds is 8. The molecule has 0 radical (unpaired) electrons. The van der Waals surface area contributed by atoms with Crippen molar-refractivity contribution in [1.82, 2.24) is 40.7 Å².